The summed E-state index contributed by atoms with van der Waals surface area (Å²) in [6, 6.07) is 18.5. The molecule has 4 heteroatoms. The normalized spacial score (nSPS) is 15.9. The number of carbonyl (C=O) groups excluding carboxylic acids is 1. The number of rotatable bonds is 4. The second kappa shape index (κ2) is 8.16. The summed E-state index contributed by atoms with van der Waals surface area (Å²) in [5.74, 6) is 0.101. The third kappa shape index (κ3) is 4.37. The molecular weight excluding hydrogens is 358 g/mol. The van der Waals surface area contributed by atoms with Gasteiger partial charge in [-0.1, -0.05) is 55.0 Å². The monoisotopic (exact) mass is 385 g/mol. The van der Waals surface area contributed by atoms with Crippen LogP contribution in [0.5, 0.6) is 0 Å². The zero-order valence-corrected chi connectivity index (χ0v) is 17.1. The van der Waals surface area contributed by atoms with Gasteiger partial charge in [0.25, 0.3) is 5.91 Å². The van der Waals surface area contributed by atoms with Crippen molar-refractivity contribution in [3.05, 3.63) is 83.8 Å². The zero-order chi connectivity index (χ0) is 20.3. The van der Waals surface area contributed by atoms with Gasteiger partial charge in [0.15, 0.2) is 0 Å². The van der Waals surface area contributed by atoms with Crippen molar-refractivity contribution >= 4 is 5.91 Å². The van der Waals surface area contributed by atoms with E-state index in [1.807, 2.05) is 36.1 Å². The lowest BCUT2D eigenvalue weighted by atomic mass is 9.75. The van der Waals surface area contributed by atoms with E-state index in [0.29, 0.717) is 0 Å². The Morgan fingerprint density at radius 2 is 1.83 bits per heavy atom. The van der Waals surface area contributed by atoms with Crippen LogP contribution in [0.3, 0.4) is 0 Å². The van der Waals surface area contributed by atoms with E-state index >= 15 is 0 Å². The highest BCUT2D eigenvalue weighted by atomic mass is 16.2. The molecule has 0 unspecified atom stereocenters. The van der Waals surface area contributed by atoms with Gasteiger partial charge in [0.2, 0.25) is 0 Å². The standard InChI is InChI=1S/C25H27N3O/c1-19-8-9-21(23-10-13-26-18-27-23)22(16-19)24(29)28-14-11-25(2,12-15-28)17-20-6-4-3-5-7-20/h3-10,13,16,18H,11-12,14-15,17H2,1-2H3. The molecule has 1 amide bonds. The molecule has 0 spiro atoms. The average Bonchev–Trinajstić information content (AvgIpc) is 2.75. The van der Waals surface area contributed by atoms with Crippen LogP contribution < -0.4 is 0 Å². The second-order valence-corrected chi connectivity index (χ2v) is 8.41. The van der Waals surface area contributed by atoms with Gasteiger partial charge in [-0.25, -0.2) is 9.97 Å². The summed E-state index contributed by atoms with van der Waals surface area (Å²) >= 11 is 0. The quantitative estimate of drug-likeness (QED) is 0.639. The fourth-order valence-corrected chi connectivity index (χ4v) is 4.19. The Labute approximate surface area is 172 Å². The zero-order valence-electron chi connectivity index (χ0n) is 17.1. The lowest BCUT2D eigenvalue weighted by Crippen LogP contribution is -2.43. The minimum atomic E-state index is 0.101. The minimum Gasteiger partial charge on any atom is -0.339 e. The first-order chi connectivity index (χ1) is 14.0. The molecular formula is C25H27N3O. The van der Waals surface area contributed by atoms with Crippen LogP contribution in [0.2, 0.25) is 0 Å². The van der Waals surface area contributed by atoms with Crippen molar-refractivity contribution in [2.75, 3.05) is 13.1 Å². The number of benzene rings is 2. The van der Waals surface area contributed by atoms with E-state index in [2.05, 4.69) is 47.2 Å². The highest BCUT2D eigenvalue weighted by molar-refractivity contribution is 6.00. The van der Waals surface area contributed by atoms with Gasteiger partial charge in [-0.2, -0.15) is 0 Å². The first-order valence-corrected chi connectivity index (χ1v) is 10.2. The molecule has 0 saturated carbocycles. The second-order valence-electron chi connectivity index (χ2n) is 8.41. The number of amides is 1. The number of piperidine rings is 1. The first kappa shape index (κ1) is 19.3. The van der Waals surface area contributed by atoms with Gasteiger partial charge >= 0.3 is 0 Å². The number of nitrogens with zero attached hydrogens (tertiary/aromatic N) is 3. The fraction of sp³-hybridized carbons (Fsp3) is 0.320. The Hall–Kier alpha value is -3.01. The van der Waals surface area contributed by atoms with Crippen molar-refractivity contribution in [2.45, 2.75) is 33.1 Å². The molecule has 0 N–H and O–H groups in total. The molecule has 0 bridgehead atoms. The van der Waals surface area contributed by atoms with E-state index in [1.165, 1.54) is 11.9 Å². The Morgan fingerprint density at radius 3 is 2.52 bits per heavy atom. The van der Waals surface area contributed by atoms with Gasteiger partial charge < -0.3 is 4.90 Å². The van der Waals surface area contributed by atoms with Crippen LogP contribution in [0, 0.1) is 12.3 Å². The Morgan fingerprint density at radius 1 is 1.07 bits per heavy atom. The van der Waals surface area contributed by atoms with Crippen molar-refractivity contribution in [3.8, 4) is 11.3 Å². The molecule has 0 atom stereocenters. The molecule has 2 aromatic carbocycles. The summed E-state index contributed by atoms with van der Waals surface area (Å²) in [6.45, 7) is 5.95. The highest BCUT2D eigenvalue weighted by Crippen LogP contribution is 2.35. The molecule has 1 aliphatic rings. The van der Waals surface area contributed by atoms with Gasteiger partial charge in [0.1, 0.15) is 6.33 Å². The maximum Gasteiger partial charge on any atom is 0.254 e. The molecule has 1 fully saturated rings. The average molecular weight is 386 g/mol. The summed E-state index contributed by atoms with van der Waals surface area (Å²) < 4.78 is 0. The summed E-state index contributed by atoms with van der Waals surface area (Å²) in [4.78, 5) is 23.8. The molecule has 1 aromatic heterocycles. The predicted molar refractivity (Wildman–Crippen MR) is 116 cm³/mol. The number of likely N-dealkylation sites (tertiary alicyclic amines) is 1. The summed E-state index contributed by atoms with van der Waals surface area (Å²) in [6.07, 6.45) is 6.34. The number of carbonyl (C=O) groups is 1. The van der Waals surface area contributed by atoms with Crippen LogP contribution in [-0.4, -0.2) is 33.9 Å². The predicted octanol–water partition coefficient (Wildman–Crippen LogP) is 4.94. The topological polar surface area (TPSA) is 46.1 Å². The van der Waals surface area contributed by atoms with Crippen molar-refractivity contribution in [1.29, 1.82) is 0 Å². The number of aromatic nitrogens is 2. The Balaban J connectivity index is 1.51. The van der Waals surface area contributed by atoms with E-state index in [0.717, 1.165) is 54.7 Å². The Bertz CT molecular complexity index is 977. The molecule has 1 saturated heterocycles. The third-order valence-corrected chi connectivity index (χ3v) is 5.99. The van der Waals surface area contributed by atoms with Crippen LogP contribution in [0.25, 0.3) is 11.3 Å². The summed E-state index contributed by atoms with van der Waals surface area (Å²) in [5.41, 5.74) is 5.09. The molecule has 0 aliphatic carbocycles. The molecule has 1 aliphatic heterocycles. The minimum absolute atomic E-state index is 0.101. The van der Waals surface area contributed by atoms with Crippen LogP contribution in [0.15, 0.2) is 67.1 Å². The van der Waals surface area contributed by atoms with Crippen molar-refractivity contribution < 1.29 is 4.79 Å². The molecule has 4 rings (SSSR count). The highest BCUT2D eigenvalue weighted by Gasteiger charge is 2.33. The van der Waals surface area contributed by atoms with Crippen LogP contribution >= 0.6 is 0 Å². The van der Waals surface area contributed by atoms with Crippen molar-refractivity contribution in [3.63, 3.8) is 0 Å². The largest absolute Gasteiger partial charge is 0.339 e. The van der Waals surface area contributed by atoms with E-state index in [9.17, 15) is 4.79 Å². The summed E-state index contributed by atoms with van der Waals surface area (Å²) in [7, 11) is 0. The molecule has 2 heterocycles. The maximum absolute atomic E-state index is 13.4. The van der Waals surface area contributed by atoms with Crippen LogP contribution in [-0.2, 0) is 6.42 Å². The SMILES string of the molecule is Cc1ccc(-c2ccncn2)c(C(=O)N2CCC(C)(Cc3ccccc3)CC2)c1. The molecule has 0 radical (unpaired) electrons. The first-order valence-electron chi connectivity index (χ1n) is 10.2. The Kier molecular flexibility index (Phi) is 5.43. The third-order valence-electron chi connectivity index (χ3n) is 5.99. The molecule has 3 aromatic rings. The lowest BCUT2D eigenvalue weighted by Gasteiger charge is -2.40. The maximum atomic E-state index is 13.4. The number of hydrogen-bond acceptors (Lipinski definition) is 3. The van der Waals surface area contributed by atoms with Gasteiger partial charge in [0.05, 0.1) is 5.69 Å². The van der Waals surface area contributed by atoms with Gasteiger partial charge in [0, 0.05) is 30.4 Å². The lowest BCUT2D eigenvalue weighted by molar-refractivity contribution is 0.0607. The fourth-order valence-electron chi connectivity index (χ4n) is 4.19. The smallest absolute Gasteiger partial charge is 0.254 e. The van der Waals surface area contributed by atoms with E-state index in [1.54, 1.807) is 6.20 Å². The molecule has 29 heavy (non-hydrogen) atoms. The van der Waals surface area contributed by atoms with Crippen molar-refractivity contribution in [2.24, 2.45) is 5.41 Å². The van der Waals surface area contributed by atoms with Gasteiger partial charge in [-0.05, 0) is 49.3 Å². The van der Waals surface area contributed by atoms with Gasteiger partial charge in [-0.3, -0.25) is 4.79 Å². The van der Waals surface area contributed by atoms with Crippen molar-refractivity contribution in [1.82, 2.24) is 14.9 Å². The summed E-state index contributed by atoms with van der Waals surface area (Å²) in [5, 5.41) is 0. The number of aryl methyl sites for hydroxylation is 1. The molecule has 4 nitrogen and oxygen atoms in total. The van der Waals surface area contributed by atoms with Crippen LogP contribution in [0.4, 0.5) is 0 Å². The molecule has 148 valence electrons. The van der Waals surface area contributed by atoms with Crippen LogP contribution in [0.1, 0.15) is 41.3 Å². The number of hydrogen-bond donors (Lipinski definition) is 0. The van der Waals surface area contributed by atoms with Gasteiger partial charge in [-0.15, -0.1) is 0 Å². The van der Waals surface area contributed by atoms with E-state index < -0.39 is 0 Å². The van der Waals surface area contributed by atoms with E-state index in [4.69, 9.17) is 0 Å². The van der Waals surface area contributed by atoms with E-state index in [-0.39, 0.29) is 11.3 Å².